The van der Waals surface area contributed by atoms with E-state index in [1.54, 1.807) is 0 Å². The van der Waals surface area contributed by atoms with Gasteiger partial charge in [0.25, 0.3) is 0 Å². The quantitative estimate of drug-likeness (QED) is 0.163. The standard InChI is InChI=1S/C9H13N3O3S/c1-6(13)8(15)7(14)4-2-3-5-11-12-9(10)16/h2,4-5,13-15H,1,3H2,(H3,10,12,16)/b4-2-,8-7-,11-5+. The third-order valence-electron chi connectivity index (χ3n) is 1.30. The molecule has 16 heavy (non-hydrogen) atoms. The molecule has 0 radical (unpaired) electrons. The highest BCUT2D eigenvalue weighted by molar-refractivity contribution is 7.80. The lowest BCUT2D eigenvalue weighted by molar-refractivity contribution is 0.293. The second-order valence-corrected chi connectivity index (χ2v) is 3.05. The zero-order valence-corrected chi connectivity index (χ0v) is 9.24. The highest BCUT2D eigenvalue weighted by atomic mass is 32.1. The summed E-state index contributed by atoms with van der Waals surface area (Å²) in [5.41, 5.74) is 7.44. The normalized spacial score (nSPS) is 12.8. The van der Waals surface area contributed by atoms with Gasteiger partial charge in [0.05, 0.1) is 0 Å². The molecule has 6 nitrogen and oxygen atoms in total. The molecular formula is C9H13N3O3S. The van der Waals surface area contributed by atoms with Gasteiger partial charge in [0.15, 0.2) is 22.4 Å². The number of hydrogen-bond donors (Lipinski definition) is 5. The number of hydrogen-bond acceptors (Lipinski definition) is 5. The topological polar surface area (TPSA) is 111 Å². The van der Waals surface area contributed by atoms with E-state index in [2.05, 4.69) is 29.3 Å². The van der Waals surface area contributed by atoms with Gasteiger partial charge in [-0.1, -0.05) is 12.7 Å². The average molecular weight is 243 g/mol. The monoisotopic (exact) mass is 243 g/mol. The highest BCUT2D eigenvalue weighted by Gasteiger charge is 2.01. The van der Waals surface area contributed by atoms with E-state index in [0.29, 0.717) is 6.42 Å². The molecular weight excluding hydrogens is 230 g/mol. The summed E-state index contributed by atoms with van der Waals surface area (Å²) in [7, 11) is 0. The van der Waals surface area contributed by atoms with Gasteiger partial charge in [-0.2, -0.15) is 5.10 Å². The van der Waals surface area contributed by atoms with Crippen molar-refractivity contribution in [3.63, 3.8) is 0 Å². The summed E-state index contributed by atoms with van der Waals surface area (Å²) in [4.78, 5) is 0. The van der Waals surface area contributed by atoms with Crippen LogP contribution in [0.4, 0.5) is 0 Å². The first-order chi connectivity index (χ1) is 7.45. The molecule has 6 N–H and O–H groups in total. The van der Waals surface area contributed by atoms with Crippen LogP contribution in [-0.2, 0) is 0 Å². The first kappa shape index (κ1) is 14.0. The zero-order valence-electron chi connectivity index (χ0n) is 8.42. The predicted molar refractivity (Wildman–Crippen MR) is 66.2 cm³/mol. The molecule has 0 aliphatic carbocycles. The van der Waals surface area contributed by atoms with Crippen molar-refractivity contribution in [3.8, 4) is 0 Å². The van der Waals surface area contributed by atoms with Crippen LogP contribution in [0.5, 0.6) is 0 Å². The number of aliphatic hydroxyl groups excluding tert-OH is 3. The number of rotatable bonds is 5. The lowest BCUT2D eigenvalue weighted by Crippen LogP contribution is -2.23. The second kappa shape index (κ2) is 7.30. The summed E-state index contributed by atoms with van der Waals surface area (Å²) >= 11 is 4.49. The Morgan fingerprint density at radius 1 is 1.44 bits per heavy atom. The molecule has 0 aromatic rings. The average Bonchev–Trinajstić information content (AvgIpc) is 2.21. The maximum absolute atomic E-state index is 9.15. The minimum atomic E-state index is -0.672. The van der Waals surface area contributed by atoms with Crippen LogP contribution in [0.1, 0.15) is 6.42 Å². The summed E-state index contributed by atoms with van der Waals surface area (Å²) in [5, 5.41) is 30.6. The number of thiocarbonyl (C=S) groups is 1. The van der Waals surface area contributed by atoms with Crippen molar-refractivity contribution < 1.29 is 15.3 Å². The molecule has 88 valence electrons. The molecule has 0 atom stereocenters. The molecule has 0 rings (SSSR count). The van der Waals surface area contributed by atoms with Crippen LogP contribution in [0.3, 0.4) is 0 Å². The van der Waals surface area contributed by atoms with Crippen LogP contribution in [0, 0.1) is 0 Å². The van der Waals surface area contributed by atoms with E-state index < -0.39 is 17.3 Å². The van der Waals surface area contributed by atoms with Crippen molar-refractivity contribution in [2.45, 2.75) is 6.42 Å². The Balaban J connectivity index is 4.12. The Morgan fingerprint density at radius 2 is 2.06 bits per heavy atom. The lowest BCUT2D eigenvalue weighted by atomic mass is 10.3. The molecule has 0 aliphatic rings. The third kappa shape index (κ3) is 6.44. The number of aliphatic hydroxyl groups is 3. The fraction of sp³-hybridized carbons (Fsp3) is 0.111. The highest BCUT2D eigenvalue weighted by Crippen LogP contribution is 2.06. The lowest BCUT2D eigenvalue weighted by Gasteiger charge is -1.97. The molecule has 7 heteroatoms. The maximum Gasteiger partial charge on any atom is 0.199 e. The van der Waals surface area contributed by atoms with Crippen molar-refractivity contribution in [1.82, 2.24) is 5.43 Å². The minimum Gasteiger partial charge on any atom is -0.505 e. The van der Waals surface area contributed by atoms with E-state index in [1.165, 1.54) is 18.4 Å². The summed E-state index contributed by atoms with van der Waals surface area (Å²) in [6.45, 7) is 3.04. The number of hydrazone groups is 1. The van der Waals surface area contributed by atoms with Gasteiger partial charge in [0, 0.05) is 12.6 Å². The summed E-state index contributed by atoms with van der Waals surface area (Å²) in [6.07, 6.45) is 4.53. The SMILES string of the molecule is C=C(O)/C(O)=C(O)\C=C/C/C=N/NC(N)=S. The summed E-state index contributed by atoms with van der Waals surface area (Å²) in [6, 6.07) is 0. The van der Waals surface area contributed by atoms with Gasteiger partial charge in [-0.05, 0) is 18.3 Å². The summed E-state index contributed by atoms with van der Waals surface area (Å²) < 4.78 is 0. The van der Waals surface area contributed by atoms with E-state index in [1.807, 2.05) is 0 Å². The molecule has 0 spiro atoms. The number of allylic oxidation sites excluding steroid dienone is 2. The second-order valence-electron chi connectivity index (χ2n) is 2.61. The Morgan fingerprint density at radius 3 is 2.56 bits per heavy atom. The van der Waals surface area contributed by atoms with Crippen LogP contribution in [0.2, 0.25) is 0 Å². The number of nitrogens with one attached hydrogen (secondary N) is 1. The van der Waals surface area contributed by atoms with Crippen molar-refractivity contribution in [3.05, 3.63) is 36.0 Å². The summed E-state index contributed by atoms with van der Waals surface area (Å²) in [5.74, 6) is -1.76. The van der Waals surface area contributed by atoms with Gasteiger partial charge in [-0.15, -0.1) is 0 Å². The number of nitrogens with zero attached hydrogens (tertiary/aromatic N) is 1. The minimum absolute atomic E-state index is 0.0530. The van der Waals surface area contributed by atoms with Crippen LogP contribution in [0.15, 0.2) is 41.1 Å². The van der Waals surface area contributed by atoms with E-state index in [-0.39, 0.29) is 5.11 Å². The fourth-order valence-corrected chi connectivity index (χ4v) is 0.682. The van der Waals surface area contributed by atoms with E-state index in [4.69, 9.17) is 21.1 Å². The maximum atomic E-state index is 9.15. The molecule has 0 fully saturated rings. The molecule has 0 unspecified atom stereocenters. The third-order valence-corrected chi connectivity index (χ3v) is 1.39. The first-order valence-electron chi connectivity index (χ1n) is 4.19. The molecule has 0 bridgehead atoms. The van der Waals surface area contributed by atoms with E-state index in [9.17, 15) is 0 Å². The Kier molecular flexibility index (Phi) is 6.37. The van der Waals surface area contributed by atoms with Gasteiger partial charge in [-0.25, -0.2) is 0 Å². The van der Waals surface area contributed by atoms with Crippen LogP contribution in [-0.4, -0.2) is 26.6 Å². The van der Waals surface area contributed by atoms with Gasteiger partial charge in [-0.3, -0.25) is 5.43 Å². The smallest absolute Gasteiger partial charge is 0.199 e. The van der Waals surface area contributed by atoms with Gasteiger partial charge in [0.2, 0.25) is 0 Å². The predicted octanol–water partition coefficient (Wildman–Crippen LogP) is 1.15. The van der Waals surface area contributed by atoms with Gasteiger partial charge < -0.3 is 21.1 Å². The molecule has 0 heterocycles. The van der Waals surface area contributed by atoms with Crippen molar-refractivity contribution in [1.29, 1.82) is 0 Å². The van der Waals surface area contributed by atoms with Crippen molar-refractivity contribution in [2.24, 2.45) is 10.8 Å². The zero-order chi connectivity index (χ0) is 12.6. The Labute approximate surface area is 98.1 Å². The number of nitrogens with two attached hydrogens (primary N) is 1. The molecule has 0 amide bonds. The molecule has 0 aromatic heterocycles. The molecule has 0 saturated heterocycles. The molecule has 0 aromatic carbocycles. The van der Waals surface area contributed by atoms with Crippen LogP contribution >= 0.6 is 12.2 Å². The van der Waals surface area contributed by atoms with Crippen LogP contribution in [0.25, 0.3) is 0 Å². The Hall–Kier alpha value is -2.02. The first-order valence-corrected chi connectivity index (χ1v) is 4.60. The fourth-order valence-electron chi connectivity index (χ4n) is 0.629. The van der Waals surface area contributed by atoms with E-state index in [0.717, 1.165) is 0 Å². The van der Waals surface area contributed by atoms with Crippen LogP contribution < -0.4 is 11.2 Å². The van der Waals surface area contributed by atoms with Gasteiger partial charge >= 0.3 is 0 Å². The van der Waals surface area contributed by atoms with Gasteiger partial charge in [0.1, 0.15) is 0 Å². The largest absolute Gasteiger partial charge is 0.505 e. The van der Waals surface area contributed by atoms with E-state index >= 15 is 0 Å². The van der Waals surface area contributed by atoms with Crippen molar-refractivity contribution in [2.75, 3.05) is 0 Å². The molecule has 0 aliphatic heterocycles. The Bertz CT molecular complexity index is 361. The molecule has 0 saturated carbocycles. The van der Waals surface area contributed by atoms with Crippen molar-refractivity contribution >= 4 is 23.5 Å².